The molecule has 2 aromatic carbocycles. The number of hydrogen-bond donors (Lipinski definition) is 2. The molecule has 1 saturated heterocycles. The fourth-order valence-electron chi connectivity index (χ4n) is 3.06. The molecule has 0 spiro atoms. The zero-order valence-electron chi connectivity index (χ0n) is 14.6. The third-order valence-electron chi connectivity index (χ3n) is 4.50. The standard InChI is InChI=1S/C20H23N3O2/c1-3-15-6-4-5-7-17(15)21-20(25)22-18-12-13-23(19(18)24)16-10-8-14(2)9-11-16/h4-11,18H,3,12-13H2,1-2H3,(H2,21,22,25). The van der Waals surface area contributed by atoms with Gasteiger partial charge in [0.15, 0.2) is 0 Å². The van der Waals surface area contributed by atoms with Crippen LogP contribution in [0.3, 0.4) is 0 Å². The number of carbonyl (C=O) groups is 2. The Hall–Kier alpha value is -2.82. The Morgan fingerprint density at radius 3 is 2.60 bits per heavy atom. The summed E-state index contributed by atoms with van der Waals surface area (Å²) in [5.74, 6) is -0.0669. The molecular formula is C20H23N3O2. The molecule has 3 rings (SSSR count). The maximum absolute atomic E-state index is 12.6. The number of amides is 3. The van der Waals surface area contributed by atoms with Gasteiger partial charge < -0.3 is 15.5 Å². The van der Waals surface area contributed by atoms with Gasteiger partial charge in [0, 0.05) is 17.9 Å². The minimum Gasteiger partial charge on any atom is -0.326 e. The summed E-state index contributed by atoms with van der Waals surface area (Å²) in [6.45, 7) is 4.66. The van der Waals surface area contributed by atoms with E-state index in [9.17, 15) is 9.59 Å². The van der Waals surface area contributed by atoms with E-state index < -0.39 is 6.04 Å². The van der Waals surface area contributed by atoms with E-state index in [1.807, 2.05) is 62.4 Å². The predicted molar refractivity (Wildman–Crippen MR) is 99.9 cm³/mol. The Kier molecular flexibility index (Phi) is 5.03. The van der Waals surface area contributed by atoms with E-state index in [2.05, 4.69) is 10.6 Å². The largest absolute Gasteiger partial charge is 0.326 e. The van der Waals surface area contributed by atoms with Crippen molar-refractivity contribution in [3.63, 3.8) is 0 Å². The van der Waals surface area contributed by atoms with Crippen LogP contribution in [0.15, 0.2) is 48.5 Å². The summed E-state index contributed by atoms with van der Waals surface area (Å²) in [7, 11) is 0. The number of para-hydroxylation sites is 1. The van der Waals surface area contributed by atoms with E-state index in [0.29, 0.717) is 13.0 Å². The molecule has 2 N–H and O–H groups in total. The molecule has 0 aromatic heterocycles. The Balaban J connectivity index is 1.62. The van der Waals surface area contributed by atoms with Crippen molar-refractivity contribution in [1.29, 1.82) is 0 Å². The molecule has 25 heavy (non-hydrogen) atoms. The summed E-state index contributed by atoms with van der Waals surface area (Å²) in [6, 6.07) is 14.7. The monoisotopic (exact) mass is 337 g/mol. The van der Waals surface area contributed by atoms with E-state index in [4.69, 9.17) is 0 Å². The van der Waals surface area contributed by atoms with Gasteiger partial charge in [-0.15, -0.1) is 0 Å². The summed E-state index contributed by atoms with van der Waals surface area (Å²) < 4.78 is 0. The number of nitrogens with one attached hydrogen (secondary N) is 2. The average molecular weight is 337 g/mol. The number of nitrogens with zero attached hydrogens (tertiary/aromatic N) is 1. The van der Waals surface area contributed by atoms with E-state index >= 15 is 0 Å². The molecule has 1 unspecified atom stereocenters. The Labute approximate surface area is 148 Å². The second kappa shape index (κ2) is 7.38. The molecule has 130 valence electrons. The fraction of sp³-hybridized carbons (Fsp3) is 0.300. The second-order valence-electron chi connectivity index (χ2n) is 6.28. The van der Waals surface area contributed by atoms with Crippen LogP contribution >= 0.6 is 0 Å². The summed E-state index contributed by atoms with van der Waals surface area (Å²) in [6.07, 6.45) is 1.44. The Morgan fingerprint density at radius 1 is 1.16 bits per heavy atom. The highest BCUT2D eigenvalue weighted by molar-refractivity contribution is 6.02. The molecule has 1 aliphatic heterocycles. The average Bonchev–Trinajstić information content (AvgIpc) is 2.97. The molecule has 0 aliphatic carbocycles. The van der Waals surface area contributed by atoms with Gasteiger partial charge in [-0.2, -0.15) is 0 Å². The lowest BCUT2D eigenvalue weighted by Crippen LogP contribution is -2.43. The topological polar surface area (TPSA) is 61.4 Å². The fourth-order valence-corrected chi connectivity index (χ4v) is 3.06. The number of anilines is 2. The van der Waals surface area contributed by atoms with Crippen LogP contribution in [0, 0.1) is 6.92 Å². The number of carbonyl (C=O) groups excluding carboxylic acids is 2. The van der Waals surface area contributed by atoms with Crippen LogP contribution in [0.4, 0.5) is 16.2 Å². The second-order valence-corrected chi connectivity index (χ2v) is 6.28. The normalized spacial score (nSPS) is 16.8. The highest BCUT2D eigenvalue weighted by atomic mass is 16.2. The first-order chi connectivity index (χ1) is 12.1. The van der Waals surface area contributed by atoms with Crippen LogP contribution in [0.2, 0.25) is 0 Å². The summed E-state index contributed by atoms with van der Waals surface area (Å²) in [5, 5.41) is 5.65. The summed E-state index contributed by atoms with van der Waals surface area (Å²) in [5.41, 5.74) is 3.87. The number of urea groups is 1. The van der Waals surface area contributed by atoms with Crippen molar-refractivity contribution in [2.75, 3.05) is 16.8 Å². The highest BCUT2D eigenvalue weighted by Gasteiger charge is 2.33. The van der Waals surface area contributed by atoms with Gasteiger partial charge in [0.25, 0.3) is 0 Å². The van der Waals surface area contributed by atoms with Crippen molar-refractivity contribution < 1.29 is 9.59 Å². The number of rotatable bonds is 4. The predicted octanol–water partition coefficient (Wildman–Crippen LogP) is 3.48. The van der Waals surface area contributed by atoms with E-state index in [1.54, 1.807) is 4.90 Å². The smallest absolute Gasteiger partial charge is 0.319 e. The minimum atomic E-state index is -0.491. The van der Waals surface area contributed by atoms with E-state index in [0.717, 1.165) is 28.9 Å². The molecular weight excluding hydrogens is 314 g/mol. The first-order valence-corrected chi connectivity index (χ1v) is 8.62. The SMILES string of the molecule is CCc1ccccc1NC(=O)NC1CCN(c2ccc(C)cc2)C1=O. The molecule has 3 amide bonds. The molecule has 0 radical (unpaired) electrons. The zero-order valence-corrected chi connectivity index (χ0v) is 14.6. The van der Waals surface area contributed by atoms with Crippen molar-refractivity contribution >= 4 is 23.3 Å². The molecule has 5 heteroatoms. The van der Waals surface area contributed by atoms with Gasteiger partial charge in [-0.3, -0.25) is 4.79 Å². The maximum atomic E-state index is 12.6. The molecule has 1 fully saturated rings. The van der Waals surface area contributed by atoms with Crippen LogP contribution in [-0.2, 0) is 11.2 Å². The van der Waals surface area contributed by atoms with Gasteiger partial charge in [-0.1, -0.05) is 42.8 Å². The molecule has 1 heterocycles. The zero-order chi connectivity index (χ0) is 17.8. The van der Waals surface area contributed by atoms with Gasteiger partial charge >= 0.3 is 6.03 Å². The van der Waals surface area contributed by atoms with Crippen molar-refractivity contribution in [2.24, 2.45) is 0 Å². The van der Waals surface area contributed by atoms with Gasteiger partial charge in [-0.25, -0.2) is 4.79 Å². The van der Waals surface area contributed by atoms with Crippen LogP contribution < -0.4 is 15.5 Å². The first kappa shape index (κ1) is 17.0. The molecule has 1 atom stereocenters. The Morgan fingerprint density at radius 2 is 1.88 bits per heavy atom. The van der Waals surface area contributed by atoms with Gasteiger partial charge in [0.1, 0.15) is 6.04 Å². The third kappa shape index (κ3) is 3.82. The first-order valence-electron chi connectivity index (χ1n) is 8.62. The Bertz CT molecular complexity index is 771. The lowest BCUT2D eigenvalue weighted by atomic mass is 10.1. The van der Waals surface area contributed by atoms with E-state index in [-0.39, 0.29) is 11.9 Å². The summed E-state index contributed by atoms with van der Waals surface area (Å²) in [4.78, 5) is 26.6. The van der Waals surface area contributed by atoms with Gasteiger partial charge in [-0.05, 0) is 43.5 Å². The molecule has 1 aliphatic rings. The van der Waals surface area contributed by atoms with Crippen molar-refractivity contribution in [3.05, 3.63) is 59.7 Å². The van der Waals surface area contributed by atoms with Crippen molar-refractivity contribution in [2.45, 2.75) is 32.7 Å². The van der Waals surface area contributed by atoms with Crippen molar-refractivity contribution in [3.8, 4) is 0 Å². The van der Waals surface area contributed by atoms with Crippen molar-refractivity contribution in [1.82, 2.24) is 5.32 Å². The van der Waals surface area contributed by atoms with Crippen LogP contribution in [0.25, 0.3) is 0 Å². The summed E-state index contributed by atoms with van der Waals surface area (Å²) >= 11 is 0. The van der Waals surface area contributed by atoms with Crippen LogP contribution in [-0.4, -0.2) is 24.5 Å². The molecule has 0 bridgehead atoms. The van der Waals surface area contributed by atoms with E-state index in [1.165, 1.54) is 0 Å². The van der Waals surface area contributed by atoms with Gasteiger partial charge in [0.05, 0.1) is 0 Å². The number of aryl methyl sites for hydroxylation is 2. The maximum Gasteiger partial charge on any atom is 0.319 e. The molecule has 2 aromatic rings. The highest BCUT2D eigenvalue weighted by Crippen LogP contribution is 2.22. The lowest BCUT2D eigenvalue weighted by Gasteiger charge is -2.18. The number of hydrogen-bond acceptors (Lipinski definition) is 2. The minimum absolute atomic E-state index is 0.0669. The lowest BCUT2D eigenvalue weighted by molar-refractivity contribution is -0.118. The quantitative estimate of drug-likeness (QED) is 0.897. The van der Waals surface area contributed by atoms with Gasteiger partial charge in [0.2, 0.25) is 5.91 Å². The van der Waals surface area contributed by atoms with Crippen LogP contribution in [0.5, 0.6) is 0 Å². The van der Waals surface area contributed by atoms with Crippen LogP contribution in [0.1, 0.15) is 24.5 Å². The third-order valence-corrected chi connectivity index (χ3v) is 4.50. The molecule has 5 nitrogen and oxygen atoms in total. The number of benzene rings is 2. The molecule has 0 saturated carbocycles.